The molecular weight excluding hydrogens is 596 g/mol. The van der Waals surface area contributed by atoms with Gasteiger partial charge in [-0.15, -0.1) is 33.3 Å². The Morgan fingerprint density at radius 2 is 2.11 bits per heavy atom. The summed E-state index contributed by atoms with van der Waals surface area (Å²) in [5, 5.41) is 25.0. The molecule has 1 fully saturated rings. The molecule has 1 saturated heterocycles. The molecule has 2 atom stereocenters. The summed E-state index contributed by atoms with van der Waals surface area (Å²) >= 11 is 4.44. The third-order valence-electron chi connectivity index (χ3n) is 4.87. The number of oxime groups is 1. The van der Waals surface area contributed by atoms with Crippen LogP contribution in [0.25, 0.3) is 0 Å². The summed E-state index contributed by atoms with van der Waals surface area (Å²) in [6.07, 6.45) is -5.14. The second-order valence-corrected chi connectivity index (χ2v) is 11.2. The van der Waals surface area contributed by atoms with Crippen molar-refractivity contribution in [3.05, 3.63) is 27.9 Å². The van der Waals surface area contributed by atoms with Crippen LogP contribution in [0, 0.1) is 0 Å². The first-order valence-electron chi connectivity index (χ1n) is 10.1. The number of thiazole rings is 1. The van der Waals surface area contributed by atoms with Crippen LogP contribution in [0.15, 0.2) is 31.7 Å². The van der Waals surface area contributed by atoms with Gasteiger partial charge in [0.15, 0.2) is 15.2 Å². The molecule has 3 N–H and O–H groups in total. The highest BCUT2D eigenvalue weighted by atomic mass is 32.2. The molecule has 0 bridgehead atoms. The first kappa shape index (κ1) is 27.8. The molecule has 2 aromatic rings. The number of aromatic nitrogens is 3. The summed E-state index contributed by atoms with van der Waals surface area (Å²) in [7, 11) is 1.12. The molecule has 202 valence electrons. The summed E-state index contributed by atoms with van der Waals surface area (Å²) in [5.74, 6) is -4.59. The number of carbonyl (C=O) groups is 4. The number of carboxylic acids is 1. The average Bonchev–Trinajstić information content (AvgIpc) is 3.55. The first-order valence-corrected chi connectivity index (χ1v) is 13.9. The molecule has 2 aromatic heterocycles. The molecular formula is C18H14F3N7O6S4. The van der Waals surface area contributed by atoms with E-state index in [0.29, 0.717) is 21.2 Å². The van der Waals surface area contributed by atoms with E-state index in [9.17, 15) is 37.5 Å². The number of anilines is 1. The van der Waals surface area contributed by atoms with Crippen LogP contribution >= 0.6 is 46.2 Å². The highest BCUT2D eigenvalue weighted by molar-refractivity contribution is 8.01. The van der Waals surface area contributed by atoms with Gasteiger partial charge in [-0.1, -0.05) is 28.3 Å². The Labute approximate surface area is 226 Å². The largest absolute Gasteiger partial charge is 0.477 e. The first-order chi connectivity index (χ1) is 18.0. The predicted molar refractivity (Wildman–Crippen MR) is 131 cm³/mol. The molecule has 0 saturated carbocycles. The number of thioether (sulfide) groups is 2. The zero-order valence-electron chi connectivity index (χ0n) is 18.7. The van der Waals surface area contributed by atoms with Crippen molar-refractivity contribution in [3.8, 4) is 0 Å². The van der Waals surface area contributed by atoms with Crippen molar-refractivity contribution in [2.24, 2.45) is 5.16 Å². The minimum absolute atomic E-state index is 0.170. The molecule has 0 aromatic carbocycles. The minimum atomic E-state index is -5.14. The molecule has 4 rings (SSSR count). The summed E-state index contributed by atoms with van der Waals surface area (Å²) in [4.78, 5) is 58.4. The number of carbonyl (C=O) groups excluding carboxylic acids is 3. The van der Waals surface area contributed by atoms with E-state index in [1.54, 1.807) is 10.8 Å². The SMILES string of the molecule is CON=C(C(=O)NC1C(=O)N2C(C(=O)O)=C(CSc3nncs3)CS[C@H]12)c1csc(NC(=O)C(F)(F)F)n1. The van der Waals surface area contributed by atoms with Gasteiger partial charge in [0.25, 0.3) is 11.8 Å². The second-order valence-electron chi connectivity index (χ2n) is 7.22. The molecule has 3 amide bonds. The Bertz CT molecular complexity index is 1330. The topological polar surface area (TPSA) is 176 Å². The highest BCUT2D eigenvalue weighted by Gasteiger charge is 2.54. The molecule has 20 heteroatoms. The molecule has 2 aliphatic heterocycles. The van der Waals surface area contributed by atoms with Gasteiger partial charge >= 0.3 is 18.1 Å². The maximum absolute atomic E-state index is 12.9. The quantitative estimate of drug-likeness (QED) is 0.162. The van der Waals surface area contributed by atoms with Gasteiger partial charge in [0.1, 0.15) is 35.4 Å². The lowest BCUT2D eigenvalue weighted by atomic mass is 10.0. The number of rotatable bonds is 9. The van der Waals surface area contributed by atoms with Crippen LogP contribution in [-0.4, -0.2) is 90.8 Å². The van der Waals surface area contributed by atoms with Crippen molar-refractivity contribution in [1.29, 1.82) is 0 Å². The maximum atomic E-state index is 12.9. The number of carboxylic acid groups (broad SMARTS) is 1. The summed E-state index contributed by atoms with van der Waals surface area (Å²) in [6, 6.07) is -1.11. The second kappa shape index (κ2) is 11.3. The van der Waals surface area contributed by atoms with E-state index in [1.165, 1.54) is 40.2 Å². The van der Waals surface area contributed by atoms with E-state index in [-0.39, 0.29) is 22.9 Å². The van der Waals surface area contributed by atoms with Crippen LogP contribution in [0.2, 0.25) is 0 Å². The number of nitrogens with zero attached hydrogens (tertiary/aromatic N) is 5. The van der Waals surface area contributed by atoms with Gasteiger partial charge in [0, 0.05) is 16.9 Å². The Morgan fingerprint density at radius 1 is 1.34 bits per heavy atom. The Hall–Kier alpha value is -3.23. The van der Waals surface area contributed by atoms with E-state index in [1.807, 2.05) is 0 Å². The van der Waals surface area contributed by atoms with E-state index in [4.69, 9.17) is 0 Å². The smallest absolute Gasteiger partial charge is 0.471 e. The molecule has 0 aliphatic carbocycles. The maximum Gasteiger partial charge on any atom is 0.471 e. The predicted octanol–water partition coefficient (Wildman–Crippen LogP) is 1.38. The molecule has 2 aliphatic rings. The van der Waals surface area contributed by atoms with Crippen LogP contribution in [0.4, 0.5) is 18.3 Å². The third-order valence-corrected chi connectivity index (χ3v) is 8.91. The minimum Gasteiger partial charge on any atom is -0.477 e. The van der Waals surface area contributed by atoms with Gasteiger partial charge in [-0.05, 0) is 5.57 Å². The normalized spacial score (nSPS) is 19.5. The molecule has 0 radical (unpaired) electrons. The molecule has 1 unspecified atom stereocenters. The number of nitrogens with one attached hydrogen (secondary N) is 2. The monoisotopic (exact) mass is 609 g/mol. The third kappa shape index (κ3) is 5.76. The number of aliphatic carboxylic acids is 1. The van der Waals surface area contributed by atoms with Crippen LogP contribution in [-0.2, 0) is 24.0 Å². The van der Waals surface area contributed by atoms with E-state index < -0.39 is 52.1 Å². The van der Waals surface area contributed by atoms with Crippen LogP contribution in [0.1, 0.15) is 5.69 Å². The molecule has 4 heterocycles. The van der Waals surface area contributed by atoms with Gasteiger partial charge in [0.05, 0.1) is 0 Å². The summed E-state index contributed by atoms with van der Waals surface area (Å²) in [6.45, 7) is 0. The van der Waals surface area contributed by atoms with Crippen LogP contribution in [0.3, 0.4) is 0 Å². The lowest BCUT2D eigenvalue weighted by Crippen LogP contribution is -2.71. The van der Waals surface area contributed by atoms with Gasteiger partial charge in [0.2, 0.25) is 0 Å². The highest BCUT2D eigenvalue weighted by Crippen LogP contribution is 2.41. The summed E-state index contributed by atoms with van der Waals surface area (Å²) in [5.41, 5.74) is 1.20. The van der Waals surface area contributed by atoms with Crippen molar-refractivity contribution in [2.45, 2.75) is 21.9 Å². The van der Waals surface area contributed by atoms with Crippen molar-refractivity contribution in [1.82, 2.24) is 25.4 Å². The van der Waals surface area contributed by atoms with E-state index in [2.05, 4.69) is 30.5 Å². The van der Waals surface area contributed by atoms with Crippen LogP contribution in [0.5, 0.6) is 0 Å². The molecule has 13 nitrogen and oxygen atoms in total. The number of hydrogen-bond donors (Lipinski definition) is 3. The Balaban J connectivity index is 1.46. The van der Waals surface area contributed by atoms with Crippen molar-refractivity contribution in [2.75, 3.05) is 23.9 Å². The average molecular weight is 610 g/mol. The van der Waals surface area contributed by atoms with Crippen molar-refractivity contribution in [3.63, 3.8) is 0 Å². The van der Waals surface area contributed by atoms with Gasteiger partial charge in [-0.2, -0.15) is 13.2 Å². The van der Waals surface area contributed by atoms with Crippen molar-refractivity contribution >= 4 is 80.7 Å². The summed E-state index contributed by atoms with van der Waals surface area (Å²) < 4.78 is 38.1. The van der Waals surface area contributed by atoms with Gasteiger partial charge in [-0.25, -0.2) is 9.78 Å². The van der Waals surface area contributed by atoms with E-state index in [0.717, 1.165) is 12.0 Å². The standard InChI is InChI=1S/C18H14F3N7O6S4/c1-34-27-8(7-4-36-16(23-7)25-15(33)18(19,20)21)11(29)24-9-12(30)28-10(14(31)32)6(2-35-13(9)28)3-37-17-26-22-5-38-17/h4-5,9,13H,2-3H2,1H3,(H,24,29)(H,31,32)(H,23,25,33)/t9?,13-/m1/s1. The van der Waals surface area contributed by atoms with Crippen LogP contribution < -0.4 is 10.6 Å². The number of fused-ring (bicyclic) bond motifs is 1. The number of halogens is 3. The lowest BCUT2D eigenvalue weighted by molar-refractivity contribution is -0.167. The number of amides is 3. The van der Waals surface area contributed by atoms with E-state index >= 15 is 0 Å². The number of β-lactam (4-membered cyclic amide) rings is 1. The number of hydrogen-bond acceptors (Lipinski definition) is 13. The number of alkyl halides is 3. The fourth-order valence-corrected chi connectivity index (χ4v) is 6.95. The van der Waals surface area contributed by atoms with Gasteiger partial charge < -0.3 is 15.3 Å². The Kier molecular flexibility index (Phi) is 8.23. The van der Waals surface area contributed by atoms with Gasteiger partial charge in [-0.3, -0.25) is 24.6 Å². The zero-order chi connectivity index (χ0) is 27.6. The fourth-order valence-electron chi connectivity index (χ4n) is 3.28. The molecule has 38 heavy (non-hydrogen) atoms. The zero-order valence-corrected chi connectivity index (χ0v) is 22.0. The van der Waals surface area contributed by atoms with Crippen molar-refractivity contribution < 1.29 is 42.3 Å². The Morgan fingerprint density at radius 3 is 2.74 bits per heavy atom. The fraction of sp³-hybridized carbons (Fsp3) is 0.333. The lowest BCUT2D eigenvalue weighted by Gasteiger charge is -2.49. The molecule has 0 spiro atoms.